The van der Waals surface area contributed by atoms with Crippen LogP contribution in [0.1, 0.15) is 25.5 Å². The summed E-state index contributed by atoms with van der Waals surface area (Å²) in [5.41, 5.74) is 0.862. The average molecular weight is 267 g/mol. The molecule has 3 amide bonds. The monoisotopic (exact) mass is 267 g/mol. The maximum atomic E-state index is 12.8. The highest BCUT2D eigenvalue weighted by Crippen LogP contribution is 2.13. The van der Waals surface area contributed by atoms with E-state index < -0.39 is 18.0 Å². The van der Waals surface area contributed by atoms with Crippen LogP contribution < -0.4 is 16.0 Å². The Hall–Kier alpha value is -1.95. The van der Waals surface area contributed by atoms with Gasteiger partial charge in [0.2, 0.25) is 5.91 Å². The maximum Gasteiger partial charge on any atom is 0.321 e. The Kier molecular flexibility index (Phi) is 5.44. The van der Waals surface area contributed by atoms with Gasteiger partial charge in [-0.05, 0) is 31.5 Å². The molecule has 2 atom stereocenters. The topological polar surface area (TPSA) is 70.2 Å². The Labute approximate surface area is 111 Å². The first-order chi connectivity index (χ1) is 8.93. The Morgan fingerprint density at radius 1 is 1.16 bits per heavy atom. The summed E-state index contributed by atoms with van der Waals surface area (Å²) in [5, 5.41) is 7.52. The standard InChI is InChI=1S/C13H18FN3O2/c1-8(10-4-6-11(14)7-5-10)16-9(2)12(18)17-13(19)15-3/h4-9,16H,1-3H3,(H2,15,17,18,19). The molecule has 1 aromatic rings. The molecule has 0 fully saturated rings. The van der Waals surface area contributed by atoms with Crippen molar-refractivity contribution in [2.75, 3.05) is 7.05 Å². The van der Waals surface area contributed by atoms with Gasteiger partial charge in [-0.2, -0.15) is 0 Å². The molecule has 0 heterocycles. The molecule has 0 aromatic heterocycles. The zero-order valence-corrected chi connectivity index (χ0v) is 11.2. The lowest BCUT2D eigenvalue weighted by molar-refractivity contribution is -0.121. The SMILES string of the molecule is CNC(=O)NC(=O)C(C)NC(C)c1ccc(F)cc1. The van der Waals surface area contributed by atoms with Crippen molar-refractivity contribution in [3.05, 3.63) is 35.6 Å². The third-order valence-electron chi connectivity index (χ3n) is 2.73. The molecule has 0 radical (unpaired) electrons. The summed E-state index contributed by atoms with van der Waals surface area (Å²) >= 11 is 0. The van der Waals surface area contributed by atoms with E-state index in [0.717, 1.165) is 5.56 Å². The van der Waals surface area contributed by atoms with Gasteiger partial charge in [0.25, 0.3) is 0 Å². The number of urea groups is 1. The molecule has 0 spiro atoms. The number of hydrogen-bond acceptors (Lipinski definition) is 3. The van der Waals surface area contributed by atoms with Crippen LogP contribution in [-0.2, 0) is 4.79 Å². The Balaban J connectivity index is 2.56. The van der Waals surface area contributed by atoms with Crippen LogP contribution in [0.3, 0.4) is 0 Å². The van der Waals surface area contributed by atoms with E-state index in [1.165, 1.54) is 19.2 Å². The molecule has 6 heteroatoms. The van der Waals surface area contributed by atoms with E-state index in [9.17, 15) is 14.0 Å². The van der Waals surface area contributed by atoms with Crippen LogP contribution in [0.15, 0.2) is 24.3 Å². The number of imide groups is 1. The number of carbonyl (C=O) groups excluding carboxylic acids is 2. The smallest absolute Gasteiger partial charge is 0.321 e. The summed E-state index contributed by atoms with van der Waals surface area (Å²) in [4.78, 5) is 22.6. The lowest BCUT2D eigenvalue weighted by Crippen LogP contribution is -2.47. The largest absolute Gasteiger partial charge is 0.341 e. The lowest BCUT2D eigenvalue weighted by atomic mass is 10.1. The van der Waals surface area contributed by atoms with E-state index in [2.05, 4.69) is 16.0 Å². The minimum absolute atomic E-state index is 0.133. The molecule has 0 aliphatic heterocycles. The van der Waals surface area contributed by atoms with Gasteiger partial charge in [-0.25, -0.2) is 9.18 Å². The molecule has 104 valence electrons. The molecule has 0 aliphatic rings. The first kappa shape index (κ1) is 15.1. The van der Waals surface area contributed by atoms with Crippen molar-refractivity contribution in [2.45, 2.75) is 25.9 Å². The maximum absolute atomic E-state index is 12.8. The molecule has 19 heavy (non-hydrogen) atoms. The second-order valence-corrected chi connectivity index (χ2v) is 4.23. The van der Waals surface area contributed by atoms with Crippen molar-refractivity contribution in [1.29, 1.82) is 0 Å². The zero-order chi connectivity index (χ0) is 14.4. The molecule has 5 nitrogen and oxygen atoms in total. The van der Waals surface area contributed by atoms with E-state index in [0.29, 0.717) is 0 Å². The third kappa shape index (κ3) is 4.67. The fourth-order valence-electron chi connectivity index (χ4n) is 1.58. The second kappa shape index (κ2) is 6.84. The minimum atomic E-state index is -0.548. The van der Waals surface area contributed by atoms with Gasteiger partial charge < -0.3 is 5.32 Å². The van der Waals surface area contributed by atoms with Crippen molar-refractivity contribution in [3.63, 3.8) is 0 Å². The first-order valence-corrected chi connectivity index (χ1v) is 5.98. The molecule has 0 bridgehead atoms. The van der Waals surface area contributed by atoms with Gasteiger partial charge in [-0.1, -0.05) is 12.1 Å². The Morgan fingerprint density at radius 3 is 2.26 bits per heavy atom. The van der Waals surface area contributed by atoms with Crippen molar-refractivity contribution in [2.24, 2.45) is 0 Å². The third-order valence-corrected chi connectivity index (χ3v) is 2.73. The number of halogens is 1. The summed E-state index contributed by atoms with van der Waals surface area (Å²) in [6.45, 7) is 3.51. The van der Waals surface area contributed by atoms with E-state index in [4.69, 9.17) is 0 Å². The Bertz CT molecular complexity index is 448. The molecule has 1 rings (SSSR count). The van der Waals surface area contributed by atoms with Crippen molar-refractivity contribution in [1.82, 2.24) is 16.0 Å². The number of nitrogens with one attached hydrogen (secondary N) is 3. The molecule has 2 unspecified atom stereocenters. The van der Waals surface area contributed by atoms with Gasteiger partial charge >= 0.3 is 6.03 Å². The number of benzene rings is 1. The molecule has 3 N–H and O–H groups in total. The molecular weight excluding hydrogens is 249 g/mol. The summed E-state index contributed by atoms with van der Waals surface area (Å²) in [6, 6.07) is 4.80. The minimum Gasteiger partial charge on any atom is -0.341 e. The number of carbonyl (C=O) groups is 2. The predicted molar refractivity (Wildman–Crippen MR) is 70.0 cm³/mol. The summed E-state index contributed by atoms with van der Waals surface area (Å²) in [7, 11) is 1.43. The van der Waals surface area contributed by atoms with Crippen molar-refractivity contribution >= 4 is 11.9 Å². The summed E-state index contributed by atoms with van der Waals surface area (Å²) in [6.07, 6.45) is 0. The van der Waals surface area contributed by atoms with Crippen LogP contribution in [-0.4, -0.2) is 25.0 Å². The van der Waals surface area contributed by atoms with Crippen molar-refractivity contribution in [3.8, 4) is 0 Å². The van der Waals surface area contributed by atoms with Gasteiger partial charge in [-0.15, -0.1) is 0 Å². The van der Waals surface area contributed by atoms with E-state index in [1.54, 1.807) is 19.1 Å². The molecule has 0 saturated heterocycles. The van der Waals surface area contributed by atoms with Crippen molar-refractivity contribution < 1.29 is 14.0 Å². The molecule has 0 saturated carbocycles. The first-order valence-electron chi connectivity index (χ1n) is 5.98. The molecule has 1 aromatic carbocycles. The van der Waals surface area contributed by atoms with Crippen LogP contribution in [0.5, 0.6) is 0 Å². The van der Waals surface area contributed by atoms with Crippen LogP contribution in [0, 0.1) is 5.82 Å². The lowest BCUT2D eigenvalue weighted by Gasteiger charge is -2.19. The summed E-state index contributed by atoms with van der Waals surface area (Å²) < 4.78 is 12.8. The fourth-order valence-corrected chi connectivity index (χ4v) is 1.58. The van der Waals surface area contributed by atoms with Gasteiger partial charge in [0.05, 0.1) is 6.04 Å². The van der Waals surface area contributed by atoms with Crippen LogP contribution >= 0.6 is 0 Å². The summed E-state index contributed by atoms with van der Waals surface area (Å²) in [5.74, 6) is -0.727. The number of rotatable bonds is 4. The van der Waals surface area contributed by atoms with Gasteiger partial charge in [0.1, 0.15) is 5.82 Å². The van der Waals surface area contributed by atoms with Crippen LogP contribution in [0.25, 0.3) is 0 Å². The molecule has 0 aliphatic carbocycles. The predicted octanol–water partition coefficient (Wildman–Crippen LogP) is 1.32. The van der Waals surface area contributed by atoms with Gasteiger partial charge in [0.15, 0.2) is 0 Å². The zero-order valence-electron chi connectivity index (χ0n) is 11.2. The highest BCUT2D eigenvalue weighted by atomic mass is 19.1. The van der Waals surface area contributed by atoms with Crippen LogP contribution in [0.4, 0.5) is 9.18 Å². The number of hydrogen-bond donors (Lipinski definition) is 3. The van der Waals surface area contributed by atoms with Crippen LogP contribution in [0.2, 0.25) is 0 Å². The molecular formula is C13H18FN3O2. The highest BCUT2D eigenvalue weighted by Gasteiger charge is 2.17. The Morgan fingerprint density at radius 2 is 1.74 bits per heavy atom. The van der Waals surface area contributed by atoms with E-state index >= 15 is 0 Å². The number of amides is 3. The fraction of sp³-hybridized carbons (Fsp3) is 0.385. The highest BCUT2D eigenvalue weighted by molar-refractivity contribution is 5.96. The van der Waals surface area contributed by atoms with Gasteiger partial charge in [0, 0.05) is 13.1 Å². The van der Waals surface area contributed by atoms with Gasteiger partial charge in [-0.3, -0.25) is 15.4 Å². The van der Waals surface area contributed by atoms with E-state index in [-0.39, 0.29) is 11.9 Å². The quantitative estimate of drug-likeness (QED) is 0.770. The normalized spacial score (nSPS) is 13.5. The van der Waals surface area contributed by atoms with E-state index in [1.807, 2.05) is 6.92 Å². The average Bonchev–Trinajstić information content (AvgIpc) is 2.38. The second-order valence-electron chi connectivity index (χ2n) is 4.23.